The summed E-state index contributed by atoms with van der Waals surface area (Å²) in [6, 6.07) is 4.98. The average Bonchev–Trinajstić information content (AvgIpc) is 2.93. The Morgan fingerprint density at radius 3 is 3.06 bits per heavy atom. The normalized spacial score (nSPS) is 23.9. The van der Waals surface area contributed by atoms with Gasteiger partial charge in [-0.1, -0.05) is 0 Å². The van der Waals surface area contributed by atoms with E-state index in [1.807, 2.05) is 18.7 Å². The number of rotatable bonds is 2. The van der Waals surface area contributed by atoms with E-state index in [1.54, 1.807) is 6.07 Å². The van der Waals surface area contributed by atoms with Gasteiger partial charge in [0, 0.05) is 19.2 Å². The number of nitrogens with one attached hydrogen (secondary N) is 1. The van der Waals surface area contributed by atoms with E-state index in [-0.39, 0.29) is 17.8 Å². The number of imidazole rings is 1. The van der Waals surface area contributed by atoms with Crippen molar-refractivity contribution in [1.29, 1.82) is 0 Å². The number of aromatic nitrogens is 2. The highest BCUT2D eigenvalue weighted by Gasteiger charge is 2.31. The van der Waals surface area contributed by atoms with Crippen molar-refractivity contribution >= 4 is 11.0 Å². The van der Waals surface area contributed by atoms with Crippen molar-refractivity contribution in [2.75, 3.05) is 20.3 Å². The molecule has 0 amide bonds. The summed E-state index contributed by atoms with van der Waals surface area (Å²) in [5, 5.41) is 3.24. The SMILES string of the molecule is CNC1COCC1c1nc2cc(F)ccc2n1C. The van der Waals surface area contributed by atoms with E-state index in [2.05, 4.69) is 10.3 Å². The van der Waals surface area contributed by atoms with Gasteiger partial charge in [-0.05, 0) is 19.2 Å². The third-order valence-electron chi connectivity index (χ3n) is 3.66. The highest BCUT2D eigenvalue weighted by molar-refractivity contribution is 5.76. The first-order valence-electron chi connectivity index (χ1n) is 6.07. The number of halogens is 1. The lowest BCUT2D eigenvalue weighted by Gasteiger charge is -2.16. The smallest absolute Gasteiger partial charge is 0.125 e. The van der Waals surface area contributed by atoms with E-state index in [4.69, 9.17) is 4.74 Å². The number of ether oxygens (including phenoxy) is 1. The van der Waals surface area contributed by atoms with Crippen molar-refractivity contribution in [3.8, 4) is 0 Å². The van der Waals surface area contributed by atoms with Crippen LogP contribution in [0.1, 0.15) is 11.7 Å². The Bertz CT molecular complexity index is 581. The average molecular weight is 249 g/mol. The van der Waals surface area contributed by atoms with Crippen molar-refractivity contribution < 1.29 is 9.13 Å². The summed E-state index contributed by atoms with van der Waals surface area (Å²) in [5.41, 5.74) is 1.66. The molecule has 1 aromatic carbocycles. The van der Waals surface area contributed by atoms with Gasteiger partial charge in [-0.25, -0.2) is 9.37 Å². The van der Waals surface area contributed by atoms with Crippen molar-refractivity contribution in [3.05, 3.63) is 29.8 Å². The second-order valence-corrected chi connectivity index (χ2v) is 4.70. The molecule has 2 heterocycles. The van der Waals surface area contributed by atoms with Crippen LogP contribution in [0.3, 0.4) is 0 Å². The molecule has 0 aliphatic carbocycles. The van der Waals surface area contributed by atoms with Crippen LogP contribution in [0.4, 0.5) is 4.39 Å². The fraction of sp³-hybridized carbons (Fsp3) is 0.462. The second kappa shape index (κ2) is 4.33. The van der Waals surface area contributed by atoms with E-state index in [0.29, 0.717) is 18.7 Å². The van der Waals surface area contributed by atoms with Crippen LogP contribution in [0.25, 0.3) is 11.0 Å². The number of hydrogen-bond donors (Lipinski definition) is 1. The molecule has 1 aliphatic heterocycles. The molecule has 1 aromatic heterocycles. The molecule has 3 rings (SSSR count). The van der Waals surface area contributed by atoms with Crippen LogP contribution in [0.2, 0.25) is 0 Å². The fourth-order valence-corrected chi connectivity index (χ4v) is 2.62. The molecule has 2 aromatic rings. The van der Waals surface area contributed by atoms with Gasteiger partial charge in [-0.15, -0.1) is 0 Å². The van der Waals surface area contributed by atoms with Crippen LogP contribution in [0.5, 0.6) is 0 Å². The van der Waals surface area contributed by atoms with Gasteiger partial charge in [0.2, 0.25) is 0 Å². The monoisotopic (exact) mass is 249 g/mol. The minimum atomic E-state index is -0.250. The molecule has 0 spiro atoms. The zero-order chi connectivity index (χ0) is 12.7. The third kappa shape index (κ3) is 1.71. The van der Waals surface area contributed by atoms with Crippen LogP contribution in [-0.2, 0) is 11.8 Å². The standard InChI is InChI=1S/C13H16FN3O/c1-15-11-7-18-6-9(11)13-16-10-5-8(14)3-4-12(10)17(13)2/h3-5,9,11,15H,6-7H2,1-2H3. The zero-order valence-corrected chi connectivity index (χ0v) is 10.5. The molecule has 1 fully saturated rings. The van der Waals surface area contributed by atoms with E-state index >= 15 is 0 Å². The van der Waals surface area contributed by atoms with Gasteiger partial charge in [-0.2, -0.15) is 0 Å². The molecule has 5 heteroatoms. The number of fused-ring (bicyclic) bond motifs is 1. The highest BCUT2D eigenvalue weighted by atomic mass is 19.1. The first-order chi connectivity index (χ1) is 8.70. The summed E-state index contributed by atoms with van der Waals surface area (Å²) in [4.78, 5) is 4.56. The Kier molecular flexibility index (Phi) is 2.80. The Balaban J connectivity index is 2.09. The van der Waals surface area contributed by atoms with Gasteiger partial charge in [0.05, 0.1) is 30.2 Å². The summed E-state index contributed by atoms with van der Waals surface area (Å²) < 4.78 is 20.7. The number of benzene rings is 1. The largest absolute Gasteiger partial charge is 0.379 e. The minimum absolute atomic E-state index is 0.218. The quantitative estimate of drug-likeness (QED) is 0.874. The second-order valence-electron chi connectivity index (χ2n) is 4.70. The van der Waals surface area contributed by atoms with Crippen molar-refractivity contribution in [2.24, 2.45) is 7.05 Å². The van der Waals surface area contributed by atoms with Crippen molar-refractivity contribution in [3.63, 3.8) is 0 Å². The maximum absolute atomic E-state index is 13.2. The first kappa shape index (κ1) is 11.6. The summed E-state index contributed by atoms with van der Waals surface area (Å²) in [6.45, 7) is 1.35. The molecule has 2 atom stereocenters. The molecule has 96 valence electrons. The predicted molar refractivity (Wildman–Crippen MR) is 67.1 cm³/mol. The van der Waals surface area contributed by atoms with Crippen molar-refractivity contribution in [2.45, 2.75) is 12.0 Å². The van der Waals surface area contributed by atoms with Gasteiger partial charge >= 0.3 is 0 Å². The Hall–Kier alpha value is -1.46. The third-order valence-corrected chi connectivity index (χ3v) is 3.66. The van der Waals surface area contributed by atoms with Gasteiger partial charge in [0.1, 0.15) is 11.6 Å². The lowest BCUT2D eigenvalue weighted by molar-refractivity contribution is 0.188. The summed E-state index contributed by atoms with van der Waals surface area (Å²) >= 11 is 0. The van der Waals surface area contributed by atoms with Crippen LogP contribution >= 0.6 is 0 Å². The molecule has 4 nitrogen and oxygen atoms in total. The van der Waals surface area contributed by atoms with E-state index in [1.165, 1.54) is 12.1 Å². The lowest BCUT2D eigenvalue weighted by atomic mass is 10.0. The maximum atomic E-state index is 13.2. The fourth-order valence-electron chi connectivity index (χ4n) is 2.62. The molecule has 1 N–H and O–H groups in total. The van der Waals surface area contributed by atoms with Gasteiger partial charge in [-0.3, -0.25) is 0 Å². The molecular weight excluding hydrogens is 233 g/mol. The predicted octanol–water partition coefficient (Wildman–Crippen LogP) is 1.41. The molecule has 1 aliphatic rings. The molecule has 2 unspecified atom stereocenters. The van der Waals surface area contributed by atoms with E-state index in [0.717, 1.165) is 11.3 Å². The summed E-state index contributed by atoms with van der Waals surface area (Å²) in [5.74, 6) is 0.919. The van der Waals surface area contributed by atoms with Crippen LogP contribution in [-0.4, -0.2) is 35.9 Å². The Morgan fingerprint density at radius 2 is 2.28 bits per heavy atom. The van der Waals surface area contributed by atoms with Crippen LogP contribution in [0.15, 0.2) is 18.2 Å². The van der Waals surface area contributed by atoms with Gasteiger partial charge in [0.25, 0.3) is 0 Å². The molecule has 1 saturated heterocycles. The minimum Gasteiger partial charge on any atom is -0.379 e. The topological polar surface area (TPSA) is 39.1 Å². The number of hydrogen-bond acceptors (Lipinski definition) is 3. The van der Waals surface area contributed by atoms with Gasteiger partial charge in [0.15, 0.2) is 0 Å². The lowest BCUT2D eigenvalue weighted by Crippen LogP contribution is -2.32. The van der Waals surface area contributed by atoms with Crippen LogP contribution in [0, 0.1) is 5.82 Å². The van der Waals surface area contributed by atoms with Crippen molar-refractivity contribution in [1.82, 2.24) is 14.9 Å². The molecule has 0 radical (unpaired) electrons. The summed E-state index contributed by atoms with van der Waals surface area (Å²) in [6.07, 6.45) is 0. The number of likely N-dealkylation sites (N-methyl/N-ethyl adjacent to an activating group) is 1. The molecule has 0 bridgehead atoms. The van der Waals surface area contributed by atoms with Crippen LogP contribution < -0.4 is 5.32 Å². The summed E-state index contributed by atoms with van der Waals surface area (Å²) in [7, 11) is 3.89. The molecule has 0 saturated carbocycles. The Labute approximate surface area is 105 Å². The zero-order valence-electron chi connectivity index (χ0n) is 10.5. The van der Waals surface area contributed by atoms with Gasteiger partial charge < -0.3 is 14.6 Å². The van der Waals surface area contributed by atoms with E-state index < -0.39 is 0 Å². The highest BCUT2D eigenvalue weighted by Crippen LogP contribution is 2.27. The molecule has 18 heavy (non-hydrogen) atoms. The number of aryl methyl sites for hydroxylation is 1. The number of nitrogens with zero attached hydrogens (tertiary/aromatic N) is 2. The first-order valence-corrected chi connectivity index (χ1v) is 6.07. The Morgan fingerprint density at radius 1 is 1.44 bits per heavy atom. The molecular formula is C13H16FN3O. The maximum Gasteiger partial charge on any atom is 0.125 e. The van der Waals surface area contributed by atoms with E-state index in [9.17, 15) is 4.39 Å².